The number of esters is 1. The van der Waals surface area contributed by atoms with Gasteiger partial charge in [0.1, 0.15) is 11.4 Å². The number of aromatic amines is 1. The van der Waals surface area contributed by atoms with E-state index < -0.39 is 54.1 Å². The first-order valence-corrected chi connectivity index (χ1v) is 12.2. The highest BCUT2D eigenvalue weighted by Gasteiger charge is 2.31. The highest BCUT2D eigenvalue weighted by molar-refractivity contribution is 6.01. The van der Waals surface area contributed by atoms with E-state index in [-0.39, 0.29) is 18.0 Å². The lowest BCUT2D eigenvalue weighted by Gasteiger charge is -2.26. The lowest BCUT2D eigenvalue weighted by molar-refractivity contribution is -0.156. The molecule has 0 saturated carbocycles. The molecular formula is C26H34N4O7. The summed E-state index contributed by atoms with van der Waals surface area (Å²) in [5.74, 6) is -2.25. The Balaban J connectivity index is 1.63. The van der Waals surface area contributed by atoms with E-state index >= 15 is 0 Å². The maximum Gasteiger partial charge on any atom is 0.311 e. The molecule has 11 heteroatoms. The van der Waals surface area contributed by atoms with Gasteiger partial charge >= 0.3 is 5.97 Å². The third-order valence-corrected chi connectivity index (χ3v) is 6.10. The van der Waals surface area contributed by atoms with Crippen molar-refractivity contribution in [1.82, 2.24) is 20.9 Å². The standard InChI is InChI=1S/C26H34N4O7/c1-26(2,3)25(35)37-14-20(31)18(11-15-7-6-10-27-23(15)33)30-22(32)13-28-24(34)19-12-16-17(29-19)8-5-9-21(16)36-4/h5,8-9,12,15,18,29H,6-7,10-11,13-14H2,1-4H3,(H,27,33)(H,28,34)(H,30,32)/t15-,18-/m0/s1. The number of Topliss-reactive ketones (excluding diaryl/α,β-unsaturated/α-hetero) is 1. The fourth-order valence-corrected chi connectivity index (χ4v) is 4.00. The third-order valence-electron chi connectivity index (χ3n) is 6.10. The topological polar surface area (TPSA) is 156 Å². The molecule has 37 heavy (non-hydrogen) atoms. The number of H-pyrrole nitrogens is 1. The minimum Gasteiger partial charge on any atom is -0.496 e. The average molecular weight is 515 g/mol. The van der Waals surface area contributed by atoms with Gasteiger partial charge in [0.25, 0.3) is 5.91 Å². The molecule has 200 valence electrons. The van der Waals surface area contributed by atoms with Crippen molar-refractivity contribution in [2.45, 2.75) is 46.1 Å². The van der Waals surface area contributed by atoms with Gasteiger partial charge in [0, 0.05) is 23.4 Å². The number of piperidine rings is 1. The zero-order chi connectivity index (χ0) is 27.2. The Labute approximate surface area is 215 Å². The van der Waals surface area contributed by atoms with Crippen molar-refractivity contribution >= 4 is 40.4 Å². The third kappa shape index (κ3) is 7.31. The quantitative estimate of drug-likeness (QED) is 0.350. The number of rotatable bonds is 10. The van der Waals surface area contributed by atoms with E-state index in [0.29, 0.717) is 24.2 Å². The molecule has 1 aromatic carbocycles. The van der Waals surface area contributed by atoms with Crippen molar-refractivity contribution in [3.05, 3.63) is 30.0 Å². The number of amides is 3. The SMILES string of the molecule is COc1cccc2[nH]c(C(=O)NCC(=O)N[C@@H](C[C@@H]3CCCNC3=O)C(=O)COC(=O)C(C)(C)C)cc12. The fourth-order valence-electron chi connectivity index (χ4n) is 4.00. The number of ketones is 1. The highest BCUT2D eigenvalue weighted by Crippen LogP contribution is 2.26. The summed E-state index contributed by atoms with van der Waals surface area (Å²) in [6.07, 6.45) is 1.41. The number of aromatic nitrogens is 1. The summed E-state index contributed by atoms with van der Waals surface area (Å²) >= 11 is 0. The molecule has 0 spiro atoms. The van der Waals surface area contributed by atoms with Crippen LogP contribution in [0.2, 0.25) is 0 Å². The summed E-state index contributed by atoms with van der Waals surface area (Å²) in [5.41, 5.74) is 0.155. The van der Waals surface area contributed by atoms with Gasteiger partial charge in [0.05, 0.1) is 25.1 Å². The van der Waals surface area contributed by atoms with Gasteiger partial charge in [-0.25, -0.2) is 0 Å². The van der Waals surface area contributed by atoms with Crippen LogP contribution in [0.25, 0.3) is 10.9 Å². The molecule has 0 bridgehead atoms. The minimum absolute atomic E-state index is 0.0687. The predicted octanol–water partition coefficient (Wildman–Crippen LogP) is 1.47. The van der Waals surface area contributed by atoms with E-state index in [1.165, 1.54) is 7.11 Å². The van der Waals surface area contributed by atoms with Crippen molar-refractivity contribution < 1.29 is 33.4 Å². The van der Waals surface area contributed by atoms with Gasteiger partial charge in [-0.1, -0.05) is 6.07 Å². The number of carbonyl (C=O) groups excluding carboxylic acids is 5. The van der Waals surface area contributed by atoms with E-state index in [4.69, 9.17) is 9.47 Å². The summed E-state index contributed by atoms with van der Waals surface area (Å²) in [6.45, 7) is 4.63. The number of hydrogen-bond donors (Lipinski definition) is 4. The largest absolute Gasteiger partial charge is 0.496 e. The Bertz CT molecular complexity index is 1180. The number of benzene rings is 1. The average Bonchev–Trinajstić information content (AvgIpc) is 3.30. The summed E-state index contributed by atoms with van der Waals surface area (Å²) < 4.78 is 10.4. The van der Waals surface area contributed by atoms with Crippen molar-refractivity contribution in [1.29, 1.82) is 0 Å². The minimum atomic E-state index is -1.05. The van der Waals surface area contributed by atoms with Crippen LogP contribution in [0, 0.1) is 11.3 Å². The first-order valence-electron chi connectivity index (χ1n) is 12.2. The van der Waals surface area contributed by atoms with Crippen LogP contribution in [0.15, 0.2) is 24.3 Å². The molecule has 11 nitrogen and oxygen atoms in total. The van der Waals surface area contributed by atoms with Crippen molar-refractivity contribution in [2.75, 3.05) is 26.8 Å². The molecular weight excluding hydrogens is 480 g/mol. The second-order valence-electron chi connectivity index (χ2n) is 10.1. The van der Waals surface area contributed by atoms with Crippen LogP contribution in [-0.4, -0.2) is 67.3 Å². The van der Waals surface area contributed by atoms with Crippen LogP contribution >= 0.6 is 0 Å². The molecule has 3 rings (SSSR count). The van der Waals surface area contributed by atoms with E-state index in [1.807, 2.05) is 0 Å². The molecule has 0 radical (unpaired) electrons. The normalized spacial score (nSPS) is 16.4. The molecule has 1 aromatic heterocycles. The van der Waals surface area contributed by atoms with E-state index in [0.717, 1.165) is 11.8 Å². The predicted molar refractivity (Wildman–Crippen MR) is 135 cm³/mol. The summed E-state index contributed by atoms with van der Waals surface area (Å²) in [5, 5.41) is 8.60. The summed E-state index contributed by atoms with van der Waals surface area (Å²) in [6, 6.07) is 5.93. The summed E-state index contributed by atoms with van der Waals surface area (Å²) in [4.78, 5) is 65.5. The smallest absolute Gasteiger partial charge is 0.311 e. The molecule has 1 saturated heterocycles. The van der Waals surface area contributed by atoms with Crippen molar-refractivity contribution in [3.8, 4) is 5.75 Å². The second kappa shape index (κ2) is 11.9. The van der Waals surface area contributed by atoms with Crippen LogP contribution in [0.1, 0.15) is 50.5 Å². The Morgan fingerprint density at radius 2 is 1.95 bits per heavy atom. The van der Waals surface area contributed by atoms with Crippen molar-refractivity contribution in [2.24, 2.45) is 11.3 Å². The Kier molecular flexibility index (Phi) is 8.90. The number of fused-ring (bicyclic) bond motifs is 1. The maximum atomic E-state index is 12.9. The molecule has 2 atom stereocenters. The van der Waals surface area contributed by atoms with E-state index in [2.05, 4.69) is 20.9 Å². The Morgan fingerprint density at radius 3 is 2.62 bits per heavy atom. The van der Waals surface area contributed by atoms with Gasteiger partial charge in [0.2, 0.25) is 11.8 Å². The van der Waals surface area contributed by atoms with Gasteiger partial charge < -0.3 is 30.4 Å². The van der Waals surface area contributed by atoms with Gasteiger partial charge in [-0.15, -0.1) is 0 Å². The number of methoxy groups -OCH3 is 1. The molecule has 0 aliphatic carbocycles. The zero-order valence-electron chi connectivity index (χ0n) is 21.6. The highest BCUT2D eigenvalue weighted by atomic mass is 16.5. The van der Waals surface area contributed by atoms with E-state index in [9.17, 15) is 24.0 Å². The molecule has 1 aliphatic heterocycles. The van der Waals surface area contributed by atoms with E-state index in [1.54, 1.807) is 45.0 Å². The van der Waals surface area contributed by atoms with Gasteiger partial charge in [-0.2, -0.15) is 0 Å². The first-order chi connectivity index (χ1) is 17.5. The number of hydrogen-bond acceptors (Lipinski definition) is 7. The zero-order valence-corrected chi connectivity index (χ0v) is 21.6. The first kappa shape index (κ1) is 27.7. The van der Waals surface area contributed by atoms with Crippen LogP contribution in [0.5, 0.6) is 5.75 Å². The molecule has 0 unspecified atom stereocenters. The van der Waals surface area contributed by atoms with Crippen LogP contribution in [-0.2, 0) is 23.9 Å². The lowest BCUT2D eigenvalue weighted by atomic mass is 9.90. The van der Waals surface area contributed by atoms with Gasteiger partial charge in [-0.05, 0) is 58.2 Å². The maximum absolute atomic E-state index is 12.9. The molecule has 2 heterocycles. The fraction of sp³-hybridized carbons (Fsp3) is 0.500. The lowest BCUT2D eigenvalue weighted by Crippen LogP contribution is -2.49. The van der Waals surface area contributed by atoms with Gasteiger partial charge in [-0.3, -0.25) is 24.0 Å². The molecule has 4 N–H and O–H groups in total. The Hall–Kier alpha value is -3.89. The molecule has 3 amide bonds. The summed E-state index contributed by atoms with van der Waals surface area (Å²) in [7, 11) is 1.53. The van der Waals surface area contributed by atoms with Crippen molar-refractivity contribution in [3.63, 3.8) is 0 Å². The number of nitrogens with one attached hydrogen (secondary N) is 4. The number of ether oxygens (including phenoxy) is 2. The Morgan fingerprint density at radius 1 is 1.19 bits per heavy atom. The van der Waals surface area contributed by atoms with Crippen LogP contribution in [0.3, 0.4) is 0 Å². The molecule has 1 aliphatic rings. The molecule has 1 fully saturated rings. The van der Waals surface area contributed by atoms with Crippen LogP contribution < -0.4 is 20.7 Å². The van der Waals surface area contributed by atoms with Gasteiger partial charge in [0.15, 0.2) is 12.4 Å². The van der Waals surface area contributed by atoms with Crippen LogP contribution in [0.4, 0.5) is 0 Å². The second-order valence-corrected chi connectivity index (χ2v) is 10.1. The monoisotopic (exact) mass is 514 g/mol. The molecule has 2 aromatic rings. The number of carbonyl (C=O) groups is 5.